The number of aromatic amines is 4. The summed E-state index contributed by atoms with van der Waals surface area (Å²) in [5.41, 5.74) is 10.7. The summed E-state index contributed by atoms with van der Waals surface area (Å²) in [6, 6.07) is 41.5. The van der Waals surface area contributed by atoms with Crippen LogP contribution in [-0.4, -0.2) is 44.8 Å². The van der Waals surface area contributed by atoms with Gasteiger partial charge in [0.1, 0.15) is 0 Å². The van der Waals surface area contributed by atoms with E-state index in [4.69, 9.17) is 20.0 Å². The summed E-state index contributed by atoms with van der Waals surface area (Å²) < 4.78 is 0. The van der Waals surface area contributed by atoms with Crippen molar-refractivity contribution in [2.45, 2.75) is 38.5 Å². The highest BCUT2D eigenvalue weighted by atomic mass is 14.9. The molecule has 9 rings (SSSR count). The molecule has 1 aliphatic heterocycles. The lowest BCUT2D eigenvalue weighted by molar-refractivity contribution is 0.603. The van der Waals surface area contributed by atoms with Crippen LogP contribution in [0, 0.1) is 0 Å². The normalized spacial score (nSPS) is 15.0. The van der Waals surface area contributed by atoms with Crippen molar-refractivity contribution in [2.24, 2.45) is 20.0 Å². The lowest BCUT2D eigenvalue weighted by atomic mass is 9.86. The van der Waals surface area contributed by atoms with Crippen LogP contribution < -0.4 is 0 Å². The maximum absolute atomic E-state index is 4.97. The molecule has 8 aromatic rings. The quantitative estimate of drug-likeness (QED) is 0.120. The van der Waals surface area contributed by atoms with Gasteiger partial charge < -0.3 is 19.9 Å². The molecule has 4 aromatic heterocycles. The molecule has 0 saturated heterocycles. The molecule has 1 aliphatic rings. The highest BCUT2D eigenvalue weighted by Gasteiger charge is 2.27. The first-order valence-corrected chi connectivity index (χ1v) is 18.2. The van der Waals surface area contributed by atoms with Gasteiger partial charge in [0, 0.05) is 44.4 Å². The van der Waals surface area contributed by atoms with Crippen molar-refractivity contribution in [3.63, 3.8) is 0 Å². The fraction of sp³-hybridized carbons (Fsp3) is 0.130. The minimum atomic E-state index is -0.325. The zero-order valence-electron chi connectivity index (χ0n) is 30.6. The SMILES string of the molecule is CC1(C)c2ccc([nH]2)C=Nc2cccc3cccc(c23)N=Cc2ccc([nH]2)C(C)(C)c2ccc([nH]2)C=Nc2cccc3cccc(c23)N=Cc2ccc1[nH]2. The number of hydrogen-bond donors (Lipinski definition) is 4. The van der Waals surface area contributed by atoms with E-state index in [-0.39, 0.29) is 10.8 Å². The number of H-pyrrole nitrogens is 4. The van der Waals surface area contributed by atoms with Crippen LogP contribution in [0.1, 0.15) is 73.2 Å². The second kappa shape index (κ2) is 13.0. The fourth-order valence-corrected chi connectivity index (χ4v) is 7.29. The molecule has 0 radical (unpaired) electrons. The lowest BCUT2D eigenvalue weighted by Gasteiger charge is -2.22. The number of nitrogens with one attached hydrogen (secondary N) is 4. The van der Waals surface area contributed by atoms with Crippen molar-refractivity contribution in [2.75, 3.05) is 0 Å². The average molecular weight is 705 g/mol. The predicted octanol–water partition coefficient (Wildman–Crippen LogP) is 11.3. The van der Waals surface area contributed by atoms with Gasteiger partial charge in [0.25, 0.3) is 0 Å². The molecule has 0 saturated carbocycles. The van der Waals surface area contributed by atoms with Crippen LogP contribution in [-0.2, 0) is 10.8 Å². The number of aliphatic imine (C=N–C) groups is 4. The number of aromatic nitrogens is 4. The van der Waals surface area contributed by atoms with E-state index in [1.165, 1.54) is 0 Å². The van der Waals surface area contributed by atoms with Crippen LogP contribution in [0.5, 0.6) is 0 Å². The van der Waals surface area contributed by atoms with Crippen molar-refractivity contribution in [1.29, 1.82) is 0 Å². The first kappa shape index (κ1) is 33.1. The van der Waals surface area contributed by atoms with Crippen LogP contribution in [0.25, 0.3) is 21.5 Å². The Morgan fingerprint density at radius 3 is 0.852 bits per heavy atom. The topological polar surface area (TPSA) is 113 Å². The maximum Gasteiger partial charge on any atom is 0.0730 e. The summed E-state index contributed by atoms with van der Waals surface area (Å²) in [5, 5.41) is 4.16. The summed E-state index contributed by atoms with van der Waals surface area (Å²) >= 11 is 0. The van der Waals surface area contributed by atoms with E-state index in [1.54, 1.807) is 0 Å². The molecule has 5 heterocycles. The molecule has 0 atom stereocenters. The first-order valence-electron chi connectivity index (χ1n) is 18.2. The summed E-state index contributed by atoms with van der Waals surface area (Å²) in [4.78, 5) is 34.3. The number of nitrogens with zero attached hydrogens (tertiary/aromatic N) is 4. The van der Waals surface area contributed by atoms with Crippen LogP contribution in [0.15, 0.2) is 141 Å². The van der Waals surface area contributed by atoms with Gasteiger partial charge >= 0.3 is 0 Å². The average Bonchev–Trinajstić information content (AvgIpc) is 4.02. The third-order valence-corrected chi connectivity index (χ3v) is 10.6. The van der Waals surface area contributed by atoms with E-state index < -0.39 is 0 Å². The van der Waals surface area contributed by atoms with Crippen molar-refractivity contribution in [3.8, 4) is 0 Å². The molecular weight excluding hydrogens is 665 g/mol. The molecule has 264 valence electrons. The minimum absolute atomic E-state index is 0.325. The summed E-state index contributed by atoms with van der Waals surface area (Å²) in [5.74, 6) is 0. The van der Waals surface area contributed by atoms with Gasteiger partial charge in [-0.3, -0.25) is 20.0 Å². The third kappa shape index (κ3) is 6.01. The van der Waals surface area contributed by atoms with E-state index in [9.17, 15) is 0 Å². The van der Waals surface area contributed by atoms with Crippen molar-refractivity contribution in [1.82, 2.24) is 19.9 Å². The van der Waals surface area contributed by atoms with E-state index >= 15 is 0 Å². The van der Waals surface area contributed by atoms with Crippen molar-refractivity contribution >= 4 is 69.2 Å². The molecule has 8 heteroatoms. The smallest absolute Gasteiger partial charge is 0.0730 e. The van der Waals surface area contributed by atoms with Crippen LogP contribution in [0.3, 0.4) is 0 Å². The molecule has 0 unspecified atom stereocenters. The lowest BCUT2D eigenvalue weighted by Crippen LogP contribution is -2.20. The Bertz CT molecular complexity index is 2420. The van der Waals surface area contributed by atoms with E-state index in [2.05, 4.69) is 120 Å². The zero-order valence-corrected chi connectivity index (χ0v) is 30.6. The van der Waals surface area contributed by atoms with Gasteiger partial charge in [-0.05, 0) is 111 Å². The van der Waals surface area contributed by atoms with Gasteiger partial charge in [0.2, 0.25) is 0 Å². The zero-order chi connectivity index (χ0) is 36.9. The molecule has 4 aromatic carbocycles. The number of fused-ring (bicyclic) bond motifs is 8. The van der Waals surface area contributed by atoms with Crippen LogP contribution >= 0.6 is 0 Å². The summed E-state index contributed by atoms with van der Waals surface area (Å²) in [6.45, 7) is 8.82. The maximum atomic E-state index is 4.97. The Labute approximate surface area is 313 Å². The van der Waals surface area contributed by atoms with E-state index in [1.807, 2.05) is 73.4 Å². The molecule has 0 amide bonds. The first-order chi connectivity index (χ1) is 26.2. The molecule has 54 heavy (non-hydrogen) atoms. The largest absolute Gasteiger partial charge is 0.357 e. The molecule has 0 aliphatic carbocycles. The van der Waals surface area contributed by atoms with E-state index in [0.717, 1.165) is 89.8 Å². The predicted molar refractivity (Wildman–Crippen MR) is 224 cm³/mol. The van der Waals surface area contributed by atoms with Crippen LogP contribution in [0.4, 0.5) is 22.7 Å². The summed E-state index contributed by atoms with van der Waals surface area (Å²) in [7, 11) is 0. The number of hydrogen-bond acceptors (Lipinski definition) is 4. The Morgan fingerprint density at radius 2 is 0.593 bits per heavy atom. The number of benzene rings is 4. The Hall–Kier alpha value is -6.80. The Balaban J connectivity index is 1.16. The highest BCUT2D eigenvalue weighted by Crippen LogP contribution is 2.37. The van der Waals surface area contributed by atoms with Gasteiger partial charge in [0.05, 0.1) is 70.4 Å². The number of rotatable bonds is 0. The molecular formula is C46H40N8. The Kier molecular flexibility index (Phi) is 7.96. The van der Waals surface area contributed by atoms with Gasteiger partial charge in [-0.25, -0.2) is 0 Å². The van der Waals surface area contributed by atoms with Crippen molar-refractivity contribution in [3.05, 3.63) is 167 Å². The van der Waals surface area contributed by atoms with E-state index in [0.29, 0.717) is 0 Å². The monoisotopic (exact) mass is 704 g/mol. The minimum Gasteiger partial charge on any atom is -0.357 e. The second-order valence-electron chi connectivity index (χ2n) is 14.9. The van der Waals surface area contributed by atoms with Gasteiger partial charge in [-0.15, -0.1) is 0 Å². The molecule has 8 bridgehead atoms. The Morgan fingerprint density at radius 1 is 0.333 bits per heavy atom. The fourth-order valence-electron chi connectivity index (χ4n) is 7.29. The van der Waals surface area contributed by atoms with Crippen LogP contribution in [0.2, 0.25) is 0 Å². The van der Waals surface area contributed by atoms with Gasteiger partial charge in [-0.1, -0.05) is 48.5 Å². The molecule has 0 spiro atoms. The highest BCUT2D eigenvalue weighted by molar-refractivity contribution is 6.05. The van der Waals surface area contributed by atoms with Gasteiger partial charge in [-0.2, -0.15) is 0 Å². The molecule has 0 fully saturated rings. The standard InChI is InChI=1S/C46H40N8/c1-45(2)39-21-17-31(51-39)25-47-35-13-5-9-29-11-7-15-37(43(29)35)49-27-33-19-23-41(53-33)46(3,4)42-24-20-34(54-42)28-50-38-16-8-12-30-10-6-14-36(44(30)38)48-26-32-18-22-40(45)52-32/h5-28,51-54H,1-4H3. The second-order valence-corrected chi connectivity index (χ2v) is 14.9. The molecule has 8 nitrogen and oxygen atoms in total. The van der Waals surface area contributed by atoms with Gasteiger partial charge in [0.15, 0.2) is 0 Å². The molecule has 4 N–H and O–H groups in total. The van der Waals surface area contributed by atoms with Crippen molar-refractivity contribution < 1.29 is 0 Å². The summed E-state index contributed by atoms with van der Waals surface area (Å²) in [6.07, 6.45) is 7.57. The third-order valence-electron chi connectivity index (χ3n) is 10.6.